The van der Waals surface area contributed by atoms with Crippen molar-refractivity contribution < 1.29 is 9.13 Å². The molecule has 0 radical (unpaired) electrons. The highest BCUT2D eigenvalue weighted by molar-refractivity contribution is 5.96. The van der Waals surface area contributed by atoms with Crippen LogP contribution in [0, 0.1) is 12.7 Å². The van der Waals surface area contributed by atoms with Gasteiger partial charge in [-0.2, -0.15) is 5.10 Å². The Hall–Kier alpha value is -4.42. The average molecular weight is 553 g/mol. The maximum atomic E-state index is 13.6. The van der Waals surface area contributed by atoms with E-state index in [0.29, 0.717) is 6.61 Å². The lowest BCUT2D eigenvalue weighted by molar-refractivity contribution is 0.193. The highest BCUT2D eigenvalue weighted by Crippen LogP contribution is 2.34. The SMILES string of the molecule is C=C/C=C(/c1ccc(F)cc1)c1cc(-c2n[nH]c3ccc(C(/C=C(\C=C)OCCN(C)C)=C/C)cc23)[nH]c1C.CC. The molecule has 4 aromatic rings. The van der Waals surface area contributed by atoms with Crippen LogP contribution in [0.1, 0.15) is 43.2 Å². The Bertz CT molecular complexity index is 1570. The summed E-state index contributed by atoms with van der Waals surface area (Å²) in [6, 6.07) is 14.8. The molecule has 0 aliphatic heterocycles. The zero-order valence-corrected chi connectivity index (χ0v) is 25.0. The average Bonchev–Trinajstić information content (AvgIpc) is 3.57. The molecule has 4 rings (SSSR count). The largest absolute Gasteiger partial charge is 0.492 e. The maximum absolute atomic E-state index is 13.6. The van der Waals surface area contributed by atoms with Crippen LogP contribution < -0.4 is 0 Å². The topological polar surface area (TPSA) is 56.9 Å². The lowest BCUT2D eigenvalue weighted by Crippen LogP contribution is -2.17. The second-order valence-corrected chi connectivity index (χ2v) is 9.52. The number of fused-ring (bicyclic) bond motifs is 1. The van der Waals surface area contributed by atoms with Crippen LogP contribution in [0.25, 0.3) is 33.4 Å². The Balaban J connectivity index is 0.00000226. The quantitative estimate of drug-likeness (QED) is 0.145. The fourth-order valence-corrected chi connectivity index (χ4v) is 4.45. The van der Waals surface area contributed by atoms with E-state index in [-0.39, 0.29) is 5.82 Å². The molecule has 0 saturated carbocycles. The smallest absolute Gasteiger partial charge is 0.123 e. The number of aromatic amines is 2. The van der Waals surface area contributed by atoms with Crippen molar-refractivity contribution in [1.29, 1.82) is 0 Å². The second-order valence-electron chi connectivity index (χ2n) is 9.52. The van der Waals surface area contributed by atoms with Gasteiger partial charge in [-0.3, -0.25) is 5.10 Å². The molecule has 0 spiro atoms. The summed E-state index contributed by atoms with van der Waals surface area (Å²) in [6.45, 7) is 17.2. The van der Waals surface area contributed by atoms with Crippen molar-refractivity contribution >= 4 is 22.0 Å². The summed E-state index contributed by atoms with van der Waals surface area (Å²) >= 11 is 0. The predicted molar refractivity (Wildman–Crippen MR) is 172 cm³/mol. The van der Waals surface area contributed by atoms with E-state index in [1.54, 1.807) is 24.3 Å². The first-order valence-corrected chi connectivity index (χ1v) is 13.9. The van der Waals surface area contributed by atoms with Crippen molar-refractivity contribution in [3.05, 3.63) is 126 Å². The number of H-pyrrole nitrogens is 2. The molecule has 5 nitrogen and oxygen atoms in total. The number of ether oxygens (including phenoxy) is 1. The van der Waals surface area contributed by atoms with Gasteiger partial charge in [0, 0.05) is 23.2 Å². The van der Waals surface area contributed by atoms with Gasteiger partial charge in [-0.1, -0.05) is 63.4 Å². The molecule has 0 unspecified atom stereocenters. The molecule has 0 aliphatic carbocycles. The number of rotatable bonds is 11. The summed E-state index contributed by atoms with van der Waals surface area (Å²) in [5, 5.41) is 8.80. The first-order valence-electron chi connectivity index (χ1n) is 13.9. The number of nitrogens with zero attached hydrogens (tertiary/aromatic N) is 2. The fraction of sp³-hybridized carbons (Fsp3) is 0.229. The number of likely N-dealkylation sites (N-methyl/N-ethyl adjacent to an activating group) is 1. The molecule has 0 amide bonds. The van der Waals surface area contributed by atoms with Gasteiger partial charge in [0.05, 0.1) is 11.2 Å². The molecule has 0 atom stereocenters. The number of benzene rings is 2. The van der Waals surface area contributed by atoms with Gasteiger partial charge >= 0.3 is 0 Å². The third-order valence-electron chi connectivity index (χ3n) is 6.51. The molecule has 0 aliphatic rings. The van der Waals surface area contributed by atoms with Gasteiger partial charge in [-0.05, 0) is 92.7 Å². The van der Waals surface area contributed by atoms with Crippen LogP contribution in [0.15, 0.2) is 97.8 Å². The van der Waals surface area contributed by atoms with Crippen molar-refractivity contribution in [2.45, 2.75) is 27.7 Å². The van der Waals surface area contributed by atoms with Crippen LogP contribution in [0.3, 0.4) is 0 Å². The summed E-state index contributed by atoms with van der Waals surface area (Å²) < 4.78 is 19.5. The van der Waals surface area contributed by atoms with E-state index >= 15 is 0 Å². The molecule has 2 aromatic heterocycles. The van der Waals surface area contributed by atoms with Crippen LogP contribution >= 0.6 is 0 Å². The number of hydrogen-bond donors (Lipinski definition) is 2. The molecule has 41 heavy (non-hydrogen) atoms. The molecule has 2 aromatic carbocycles. The molecule has 214 valence electrons. The van der Waals surface area contributed by atoms with E-state index in [9.17, 15) is 4.39 Å². The second kappa shape index (κ2) is 14.8. The van der Waals surface area contributed by atoms with Gasteiger partial charge in [0.15, 0.2) is 0 Å². The molecule has 0 fully saturated rings. The predicted octanol–water partition coefficient (Wildman–Crippen LogP) is 8.70. The van der Waals surface area contributed by atoms with Gasteiger partial charge in [0.2, 0.25) is 0 Å². The molecule has 0 bridgehead atoms. The Morgan fingerprint density at radius 3 is 2.39 bits per heavy atom. The van der Waals surface area contributed by atoms with Crippen molar-refractivity contribution in [2.75, 3.05) is 27.2 Å². The van der Waals surface area contributed by atoms with Crippen LogP contribution in [-0.2, 0) is 4.74 Å². The molecule has 2 heterocycles. The highest BCUT2D eigenvalue weighted by Gasteiger charge is 2.16. The third-order valence-corrected chi connectivity index (χ3v) is 6.51. The van der Waals surface area contributed by atoms with Crippen molar-refractivity contribution in [2.24, 2.45) is 0 Å². The summed E-state index contributed by atoms with van der Waals surface area (Å²) in [7, 11) is 4.04. The highest BCUT2D eigenvalue weighted by atomic mass is 19.1. The first kappa shape index (κ1) is 31.1. The van der Waals surface area contributed by atoms with Gasteiger partial charge in [0.1, 0.15) is 23.9 Å². The van der Waals surface area contributed by atoms with Crippen molar-refractivity contribution in [3.8, 4) is 11.4 Å². The van der Waals surface area contributed by atoms with Gasteiger partial charge < -0.3 is 14.6 Å². The van der Waals surface area contributed by atoms with Crippen molar-refractivity contribution in [1.82, 2.24) is 20.1 Å². The minimum absolute atomic E-state index is 0.266. The van der Waals surface area contributed by atoms with Gasteiger partial charge in [-0.25, -0.2) is 4.39 Å². The van der Waals surface area contributed by atoms with Gasteiger partial charge in [0.25, 0.3) is 0 Å². The van der Waals surface area contributed by atoms with Crippen molar-refractivity contribution in [3.63, 3.8) is 0 Å². The molecular weight excluding hydrogens is 511 g/mol. The van der Waals surface area contributed by atoms with Crippen LogP contribution in [0.2, 0.25) is 0 Å². The number of hydrogen-bond acceptors (Lipinski definition) is 3. The molecular formula is C35H41FN4O. The Labute approximate surface area is 243 Å². The lowest BCUT2D eigenvalue weighted by Gasteiger charge is -2.12. The lowest BCUT2D eigenvalue weighted by atomic mass is 9.97. The van der Waals surface area contributed by atoms with Gasteiger partial charge in [-0.15, -0.1) is 0 Å². The summed E-state index contributed by atoms with van der Waals surface area (Å²) in [4.78, 5) is 5.58. The maximum Gasteiger partial charge on any atom is 0.123 e. The number of halogens is 1. The van der Waals surface area contributed by atoms with Crippen LogP contribution in [0.4, 0.5) is 4.39 Å². The minimum Gasteiger partial charge on any atom is -0.492 e. The normalized spacial score (nSPS) is 12.3. The standard InChI is InChI=1S/C33H35FN4O.C2H6/c1-7-10-28(24-11-14-26(34)15-12-24)29-21-32(35-22(29)4)33-30-20-25(13-16-31(30)36-37-33)23(8-2)19-27(9-3)39-18-17-38(5)6;1-2/h7-16,19-21,35H,1,3,17-18H2,2,4-6H3,(H,36,37);1-2H3/b23-8+,27-19+,28-10-;. The number of allylic oxidation sites excluding steroid dienone is 6. The zero-order valence-electron chi connectivity index (χ0n) is 25.0. The minimum atomic E-state index is -0.266. The Kier molecular flexibility index (Phi) is 11.2. The summed E-state index contributed by atoms with van der Waals surface area (Å²) in [6.07, 6.45) is 9.49. The van der Waals surface area contributed by atoms with E-state index in [4.69, 9.17) is 4.74 Å². The monoisotopic (exact) mass is 552 g/mol. The fourth-order valence-electron chi connectivity index (χ4n) is 4.45. The number of aromatic nitrogens is 3. The van der Waals surface area contributed by atoms with Crippen LogP contribution in [0.5, 0.6) is 0 Å². The van der Waals surface area contributed by atoms with E-state index < -0.39 is 0 Å². The van der Waals surface area contributed by atoms with E-state index in [2.05, 4.69) is 57.5 Å². The zero-order chi connectivity index (χ0) is 29.9. The molecule has 0 saturated heterocycles. The number of nitrogens with one attached hydrogen (secondary N) is 2. The van der Waals surface area contributed by atoms with Crippen LogP contribution in [-0.4, -0.2) is 47.3 Å². The van der Waals surface area contributed by atoms with E-state index in [1.165, 1.54) is 12.1 Å². The summed E-state index contributed by atoms with van der Waals surface area (Å²) in [5.41, 5.74) is 8.58. The summed E-state index contributed by atoms with van der Waals surface area (Å²) in [5.74, 6) is 0.460. The Morgan fingerprint density at radius 1 is 1.05 bits per heavy atom. The molecule has 6 heteroatoms. The van der Waals surface area contributed by atoms with E-state index in [0.717, 1.165) is 68.1 Å². The third kappa shape index (κ3) is 7.62. The Morgan fingerprint density at radius 2 is 1.76 bits per heavy atom. The first-order chi connectivity index (χ1) is 19.8. The van der Waals surface area contributed by atoms with E-state index in [1.807, 2.05) is 60.0 Å². The number of aryl methyl sites for hydroxylation is 1. The molecule has 2 N–H and O–H groups in total.